The lowest BCUT2D eigenvalue weighted by Gasteiger charge is -2.37. The van der Waals surface area contributed by atoms with Crippen molar-refractivity contribution in [1.29, 1.82) is 0 Å². The first-order chi connectivity index (χ1) is 15.1. The number of halogens is 1. The number of carbonyl (C=O) groups excluding carboxylic acids is 2. The summed E-state index contributed by atoms with van der Waals surface area (Å²) in [4.78, 5) is 36.6. The summed E-state index contributed by atoms with van der Waals surface area (Å²) >= 11 is 0. The molecule has 4 rings (SSSR count). The third-order valence-corrected chi connectivity index (χ3v) is 5.98. The predicted octanol–water partition coefficient (Wildman–Crippen LogP) is 1.43. The molecule has 2 aromatic rings. The average Bonchev–Trinajstić information content (AvgIpc) is 3.21. The first-order valence-electron chi connectivity index (χ1n) is 10.7. The van der Waals surface area contributed by atoms with E-state index in [9.17, 15) is 9.59 Å². The van der Waals surface area contributed by atoms with Gasteiger partial charge in [0.25, 0.3) is 5.91 Å². The molecule has 10 nitrogen and oxygen atoms in total. The van der Waals surface area contributed by atoms with Crippen LogP contribution in [0.5, 0.6) is 0 Å². The Labute approximate surface area is 192 Å². The maximum atomic E-state index is 13.2. The Hall–Kier alpha value is -2.56. The van der Waals surface area contributed by atoms with Crippen LogP contribution in [0.3, 0.4) is 0 Å². The van der Waals surface area contributed by atoms with Gasteiger partial charge in [0.1, 0.15) is 23.3 Å². The molecule has 0 aliphatic carbocycles. The fraction of sp³-hybridized carbons (Fsp3) is 0.571. The highest BCUT2D eigenvalue weighted by molar-refractivity contribution is 6.00. The molecule has 2 fully saturated rings. The number of amides is 2. The molecule has 2 aromatic heterocycles. The quantitative estimate of drug-likeness (QED) is 0.703. The molecule has 0 unspecified atom stereocenters. The van der Waals surface area contributed by atoms with E-state index in [4.69, 9.17) is 15.0 Å². The van der Waals surface area contributed by atoms with Crippen molar-refractivity contribution >= 4 is 24.2 Å². The second-order valence-electron chi connectivity index (χ2n) is 7.97. The number of nitrogens with zero attached hydrogens (tertiary/aromatic N) is 5. The van der Waals surface area contributed by atoms with Crippen LogP contribution in [-0.4, -0.2) is 81.7 Å². The van der Waals surface area contributed by atoms with Crippen molar-refractivity contribution in [2.24, 2.45) is 5.73 Å². The number of rotatable bonds is 5. The molecular weight excluding hydrogens is 436 g/mol. The number of piperidine rings is 2. The summed E-state index contributed by atoms with van der Waals surface area (Å²) in [6.45, 7) is 4.40. The molecule has 0 radical (unpaired) electrons. The minimum atomic E-state index is -0.0978. The maximum absolute atomic E-state index is 13.2. The molecule has 4 heterocycles. The number of hydrogen-bond donors (Lipinski definition) is 1. The minimum Gasteiger partial charge on any atom is -0.375 e. The highest BCUT2D eigenvalue weighted by atomic mass is 35.5. The molecule has 0 atom stereocenters. The molecule has 32 heavy (non-hydrogen) atoms. The summed E-state index contributed by atoms with van der Waals surface area (Å²) < 4.78 is 11.6. The number of ether oxygens (including phenoxy) is 1. The highest BCUT2D eigenvalue weighted by Gasteiger charge is 2.31. The minimum absolute atomic E-state index is 0. The van der Waals surface area contributed by atoms with Gasteiger partial charge in [-0.15, -0.1) is 12.4 Å². The maximum Gasteiger partial charge on any atom is 0.259 e. The van der Waals surface area contributed by atoms with Crippen LogP contribution >= 0.6 is 12.4 Å². The van der Waals surface area contributed by atoms with Gasteiger partial charge < -0.3 is 24.8 Å². The zero-order valence-electron chi connectivity index (χ0n) is 18.1. The Morgan fingerprint density at radius 1 is 1.12 bits per heavy atom. The third-order valence-electron chi connectivity index (χ3n) is 5.98. The number of aryl methyl sites for hydroxylation is 1. The summed E-state index contributed by atoms with van der Waals surface area (Å²) in [7, 11) is 0. The second-order valence-corrected chi connectivity index (χ2v) is 7.97. The van der Waals surface area contributed by atoms with Crippen molar-refractivity contribution in [1.82, 2.24) is 24.9 Å². The summed E-state index contributed by atoms with van der Waals surface area (Å²) in [5, 5.41) is 4.05. The highest BCUT2D eigenvalue weighted by Crippen LogP contribution is 2.27. The Morgan fingerprint density at radius 2 is 1.75 bits per heavy atom. The largest absolute Gasteiger partial charge is 0.375 e. The molecule has 11 heteroatoms. The topological polar surface area (TPSA) is 128 Å². The normalized spacial score (nSPS) is 17.8. The van der Waals surface area contributed by atoms with Gasteiger partial charge in [0.2, 0.25) is 5.91 Å². The lowest BCUT2D eigenvalue weighted by molar-refractivity contribution is -0.133. The molecule has 0 saturated carbocycles. The van der Waals surface area contributed by atoms with Crippen molar-refractivity contribution in [2.75, 3.05) is 32.7 Å². The van der Waals surface area contributed by atoms with Crippen LogP contribution < -0.4 is 5.73 Å². The first-order valence-corrected chi connectivity index (χ1v) is 10.7. The van der Waals surface area contributed by atoms with Crippen LogP contribution in [0.1, 0.15) is 41.8 Å². The standard InChI is InChI=1S/C21H28N6O4.ClH/c1-14-19(20(25-31-14)17-2-7-23-13-24-17)21(29)27-10-5-16(6-11-27)30-15-3-8-26(9-4-15)18(28)12-22;/h2,7,13,15-16H,3-6,8-12,22H2,1H3;1H. The van der Waals surface area contributed by atoms with Gasteiger partial charge in [0.15, 0.2) is 0 Å². The first kappa shape index (κ1) is 24.1. The Balaban J connectivity index is 0.00000289. The summed E-state index contributed by atoms with van der Waals surface area (Å²) in [5.74, 6) is 0.380. The number of carbonyl (C=O) groups is 2. The second kappa shape index (κ2) is 10.8. The third kappa shape index (κ3) is 5.25. The van der Waals surface area contributed by atoms with Crippen LogP contribution in [0.2, 0.25) is 0 Å². The number of nitrogens with two attached hydrogens (primary N) is 1. The van der Waals surface area contributed by atoms with Crippen LogP contribution in [0.15, 0.2) is 23.1 Å². The summed E-state index contributed by atoms with van der Waals surface area (Å²) in [5.41, 5.74) is 6.90. The Kier molecular flexibility index (Phi) is 8.16. The molecule has 0 aromatic carbocycles. The van der Waals surface area contributed by atoms with E-state index in [1.807, 2.05) is 4.90 Å². The van der Waals surface area contributed by atoms with E-state index in [0.717, 1.165) is 25.7 Å². The molecule has 0 bridgehead atoms. The van der Waals surface area contributed by atoms with Gasteiger partial charge in [0.05, 0.1) is 24.4 Å². The zero-order chi connectivity index (χ0) is 21.8. The van der Waals surface area contributed by atoms with Crippen molar-refractivity contribution < 1.29 is 18.8 Å². The van der Waals surface area contributed by atoms with Crippen LogP contribution in [-0.2, 0) is 9.53 Å². The molecule has 2 N–H and O–H groups in total. The van der Waals surface area contributed by atoms with Crippen molar-refractivity contribution in [3.63, 3.8) is 0 Å². The number of aromatic nitrogens is 3. The lowest BCUT2D eigenvalue weighted by Crippen LogP contribution is -2.46. The lowest BCUT2D eigenvalue weighted by atomic mass is 10.0. The van der Waals surface area contributed by atoms with E-state index in [0.29, 0.717) is 48.9 Å². The van der Waals surface area contributed by atoms with Crippen molar-refractivity contribution in [2.45, 2.75) is 44.8 Å². The van der Waals surface area contributed by atoms with E-state index >= 15 is 0 Å². The fourth-order valence-electron chi connectivity index (χ4n) is 4.23. The van der Waals surface area contributed by atoms with E-state index < -0.39 is 0 Å². The van der Waals surface area contributed by atoms with Gasteiger partial charge in [-0.05, 0) is 38.7 Å². The van der Waals surface area contributed by atoms with Crippen LogP contribution in [0.4, 0.5) is 0 Å². The zero-order valence-corrected chi connectivity index (χ0v) is 18.9. The number of likely N-dealkylation sites (tertiary alicyclic amines) is 2. The van der Waals surface area contributed by atoms with E-state index in [1.54, 1.807) is 24.1 Å². The molecule has 174 valence electrons. The van der Waals surface area contributed by atoms with Crippen LogP contribution in [0, 0.1) is 6.92 Å². The monoisotopic (exact) mass is 464 g/mol. The van der Waals surface area contributed by atoms with E-state index in [1.165, 1.54) is 6.33 Å². The molecule has 2 aliphatic rings. The molecule has 2 aliphatic heterocycles. The summed E-state index contributed by atoms with van der Waals surface area (Å²) in [6, 6.07) is 1.71. The van der Waals surface area contributed by atoms with Crippen molar-refractivity contribution in [3.05, 3.63) is 29.9 Å². The fourth-order valence-corrected chi connectivity index (χ4v) is 4.23. The predicted molar refractivity (Wildman–Crippen MR) is 118 cm³/mol. The Morgan fingerprint density at radius 3 is 2.31 bits per heavy atom. The Bertz CT molecular complexity index is 908. The number of hydrogen-bond acceptors (Lipinski definition) is 8. The summed E-state index contributed by atoms with van der Waals surface area (Å²) in [6.07, 6.45) is 6.52. The molecule has 2 amide bonds. The SMILES string of the molecule is Cc1onc(-c2ccncn2)c1C(=O)N1CCC(OC2CCN(C(=O)CN)CC2)CC1.Cl. The van der Waals surface area contributed by atoms with Crippen molar-refractivity contribution in [3.8, 4) is 11.4 Å². The van der Waals surface area contributed by atoms with E-state index in [2.05, 4.69) is 15.1 Å². The van der Waals surface area contributed by atoms with Gasteiger partial charge in [-0.2, -0.15) is 0 Å². The molecule has 2 saturated heterocycles. The van der Waals surface area contributed by atoms with Gasteiger partial charge >= 0.3 is 0 Å². The smallest absolute Gasteiger partial charge is 0.259 e. The van der Waals surface area contributed by atoms with Gasteiger partial charge in [0, 0.05) is 32.4 Å². The average molecular weight is 465 g/mol. The van der Waals surface area contributed by atoms with Gasteiger partial charge in [-0.1, -0.05) is 5.16 Å². The van der Waals surface area contributed by atoms with Gasteiger partial charge in [-0.3, -0.25) is 9.59 Å². The van der Waals surface area contributed by atoms with E-state index in [-0.39, 0.29) is 43.0 Å². The van der Waals surface area contributed by atoms with Crippen LogP contribution in [0.25, 0.3) is 11.4 Å². The molecular formula is C21H29ClN6O4. The van der Waals surface area contributed by atoms with Gasteiger partial charge in [-0.25, -0.2) is 9.97 Å². The molecule has 0 spiro atoms.